The van der Waals surface area contributed by atoms with Gasteiger partial charge >= 0.3 is 0 Å². The number of nitrogens with one attached hydrogen (secondary N) is 2. The summed E-state index contributed by atoms with van der Waals surface area (Å²) in [4.78, 5) is 21.9. The molecule has 0 saturated carbocycles. The average molecular weight is 380 g/mol. The van der Waals surface area contributed by atoms with Crippen LogP contribution in [0, 0.1) is 6.92 Å². The van der Waals surface area contributed by atoms with Crippen molar-refractivity contribution in [3.8, 4) is 5.75 Å². The molecule has 0 atom stereocenters. The molecule has 2 amide bonds. The molecule has 0 bridgehead atoms. The van der Waals surface area contributed by atoms with Gasteiger partial charge in [-0.1, -0.05) is 15.9 Å². The van der Waals surface area contributed by atoms with E-state index in [4.69, 9.17) is 4.74 Å². The number of hydrazine groups is 1. The van der Waals surface area contributed by atoms with Crippen molar-refractivity contribution in [1.29, 1.82) is 0 Å². The molecule has 1 aromatic rings. The third-order valence-corrected chi connectivity index (χ3v) is 2.97. The van der Waals surface area contributed by atoms with Crippen LogP contribution < -0.4 is 15.6 Å². The summed E-state index contributed by atoms with van der Waals surface area (Å²) >= 11 is 6.71. The first-order valence-corrected chi connectivity index (χ1v) is 6.62. The van der Waals surface area contributed by atoms with Crippen molar-refractivity contribution in [2.45, 2.75) is 13.8 Å². The molecule has 0 spiro atoms. The molecule has 18 heavy (non-hydrogen) atoms. The van der Waals surface area contributed by atoms with E-state index in [9.17, 15) is 9.59 Å². The minimum Gasteiger partial charge on any atom is -0.482 e. The number of carbonyl (C=O) groups excluding carboxylic acids is 2. The Bertz CT molecular complexity index is 454. The minimum atomic E-state index is -0.431. The van der Waals surface area contributed by atoms with E-state index in [0.717, 1.165) is 14.5 Å². The van der Waals surface area contributed by atoms with Gasteiger partial charge < -0.3 is 4.74 Å². The van der Waals surface area contributed by atoms with E-state index in [1.165, 1.54) is 6.92 Å². The Balaban J connectivity index is 2.58. The van der Waals surface area contributed by atoms with E-state index >= 15 is 0 Å². The Hall–Kier alpha value is -1.08. The Labute approximate surface area is 121 Å². The molecule has 0 aliphatic heterocycles. The smallest absolute Gasteiger partial charge is 0.276 e. The first-order chi connectivity index (χ1) is 8.40. The summed E-state index contributed by atoms with van der Waals surface area (Å²) in [5, 5.41) is 0. The van der Waals surface area contributed by atoms with Crippen LogP contribution in [0.5, 0.6) is 5.75 Å². The zero-order valence-corrected chi connectivity index (χ0v) is 13.0. The molecule has 1 aromatic carbocycles. The van der Waals surface area contributed by atoms with Crippen molar-refractivity contribution in [3.05, 3.63) is 26.6 Å². The third-order valence-electron chi connectivity index (χ3n) is 1.92. The fraction of sp³-hybridized carbons (Fsp3) is 0.273. The van der Waals surface area contributed by atoms with Crippen LogP contribution in [0.15, 0.2) is 21.1 Å². The van der Waals surface area contributed by atoms with Crippen molar-refractivity contribution in [2.24, 2.45) is 0 Å². The van der Waals surface area contributed by atoms with Gasteiger partial charge in [0.1, 0.15) is 5.75 Å². The molecule has 1 rings (SSSR count). The molecule has 7 heteroatoms. The van der Waals surface area contributed by atoms with Gasteiger partial charge in [-0.15, -0.1) is 0 Å². The summed E-state index contributed by atoms with van der Waals surface area (Å²) in [6.07, 6.45) is 0. The van der Waals surface area contributed by atoms with Gasteiger partial charge in [-0.2, -0.15) is 0 Å². The lowest BCUT2D eigenvalue weighted by molar-refractivity contribution is -0.129. The predicted octanol–water partition coefficient (Wildman–Crippen LogP) is 2.07. The van der Waals surface area contributed by atoms with Crippen molar-refractivity contribution in [3.63, 3.8) is 0 Å². The standard InChI is InChI=1S/C11H12Br2N2O3/c1-6-3-8(12)4-9(13)11(6)18-5-10(17)15-14-7(2)16/h3-4H,5H2,1-2H3,(H,14,16)(H,15,17). The van der Waals surface area contributed by atoms with E-state index in [1.54, 1.807) is 0 Å². The van der Waals surface area contributed by atoms with E-state index in [0.29, 0.717) is 5.75 Å². The number of ether oxygens (including phenoxy) is 1. The maximum absolute atomic E-state index is 11.3. The number of aryl methyl sites for hydroxylation is 1. The Morgan fingerprint density at radius 1 is 1.28 bits per heavy atom. The summed E-state index contributed by atoms with van der Waals surface area (Å²) in [5.74, 6) is -0.181. The Morgan fingerprint density at radius 2 is 1.94 bits per heavy atom. The van der Waals surface area contributed by atoms with E-state index in [2.05, 4.69) is 42.7 Å². The van der Waals surface area contributed by atoms with E-state index in [-0.39, 0.29) is 12.5 Å². The van der Waals surface area contributed by atoms with Crippen molar-refractivity contribution >= 4 is 43.7 Å². The van der Waals surface area contributed by atoms with Crippen LogP contribution in [-0.4, -0.2) is 18.4 Å². The lowest BCUT2D eigenvalue weighted by atomic mass is 10.2. The van der Waals surface area contributed by atoms with Crippen LogP contribution in [0.2, 0.25) is 0 Å². The zero-order valence-electron chi connectivity index (χ0n) is 9.84. The average Bonchev–Trinajstić information content (AvgIpc) is 2.24. The molecule has 0 heterocycles. The Morgan fingerprint density at radius 3 is 2.50 bits per heavy atom. The van der Waals surface area contributed by atoms with Crippen LogP contribution in [0.4, 0.5) is 0 Å². The molecule has 0 fully saturated rings. The highest BCUT2D eigenvalue weighted by atomic mass is 79.9. The molecule has 0 saturated heterocycles. The Kier molecular flexibility index (Phi) is 5.61. The number of rotatable bonds is 3. The van der Waals surface area contributed by atoms with E-state index < -0.39 is 5.91 Å². The lowest BCUT2D eigenvalue weighted by Crippen LogP contribution is -2.42. The normalized spacial score (nSPS) is 9.78. The molecular formula is C11H12Br2N2O3. The molecular weight excluding hydrogens is 368 g/mol. The highest BCUT2D eigenvalue weighted by Crippen LogP contribution is 2.32. The van der Waals surface area contributed by atoms with Crippen LogP contribution in [0.3, 0.4) is 0 Å². The largest absolute Gasteiger partial charge is 0.482 e. The zero-order chi connectivity index (χ0) is 13.7. The number of hydrogen-bond acceptors (Lipinski definition) is 3. The fourth-order valence-corrected chi connectivity index (χ4v) is 2.76. The highest BCUT2D eigenvalue weighted by molar-refractivity contribution is 9.11. The molecule has 98 valence electrons. The van der Waals surface area contributed by atoms with E-state index in [1.807, 2.05) is 19.1 Å². The second-order valence-electron chi connectivity index (χ2n) is 3.55. The summed E-state index contributed by atoms with van der Waals surface area (Å²) in [7, 11) is 0. The number of hydrogen-bond donors (Lipinski definition) is 2. The molecule has 0 aromatic heterocycles. The first-order valence-electron chi connectivity index (χ1n) is 5.04. The van der Waals surface area contributed by atoms with Gasteiger partial charge in [-0.3, -0.25) is 20.4 Å². The van der Waals surface area contributed by atoms with Crippen LogP contribution >= 0.6 is 31.9 Å². The van der Waals surface area contributed by atoms with Crippen LogP contribution in [0.25, 0.3) is 0 Å². The van der Waals surface area contributed by atoms with Gasteiger partial charge in [0, 0.05) is 11.4 Å². The number of benzene rings is 1. The fourth-order valence-electron chi connectivity index (χ4n) is 1.20. The summed E-state index contributed by atoms with van der Waals surface area (Å²) in [5.41, 5.74) is 5.29. The topological polar surface area (TPSA) is 67.4 Å². The SMILES string of the molecule is CC(=O)NNC(=O)COc1c(C)cc(Br)cc1Br. The predicted molar refractivity (Wildman–Crippen MR) is 74.0 cm³/mol. The third kappa shape index (κ3) is 4.66. The van der Waals surface area contributed by atoms with Crippen molar-refractivity contribution < 1.29 is 14.3 Å². The summed E-state index contributed by atoms with van der Waals surface area (Å²) in [6, 6.07) is 3.71. The van der Waals surface area contributed by atoms with Gasteiger partial charge in [0.15, 0.2) is 6.61 Å². The number of halogens is 2. The molecule has 0 unspecified atom stereocenters. The second kappa shape index (κ2) is 6.75. The van der Waals surface area contributed by atoms with Gasteiger partial charge in [-0.05, 0) is 40.5 Å². The van der Waals surface area contributed by atoms with Gasteiger partial charge in [-0.25, -0.2) is 0 Å². The summed E-state index contributed by atoms with van der Waals surface area (Å²) < 4.78 is 7.06. The van der Waals surface area contributed by atoms with Gasteiger partial charge in [0.25, 0.3) is 5.91 Å². The van der Waals surface area contributed by atoms with Crippen LogP contribution in [0.1, 0.15) is 12.5 Å². The minimum absolute atomic E-state index is 0.179. The van der Waals surface area contributed by atoms with Crippen molar-refractivity contribution in [2.75, 3.05) is 6.61 Å². The molecule has 0 aliphatic rings. The number of amides is 2. The molecule has 5 nitrogen and oxygen atoms in total. The second-order valence-corrected chi connectivity index (χ2v) is 5.32. The molecule has 0 aliphatic carbocycles. The van der Waals surface area contributed by atoms with Crippen LogP contribution in [-0.2, 0) is 9.59 Å². The first kappa shape index (κ1) is 15.0. The quantitative estimate of drug-likeness (QED) is 0.790. The highest BCUT2D eigenvalue weighted by Gasteiger charge is 2.09. The van der Waals surface area contributed by atoms with Gasteiger partial charge in [0.05, 0.1) is 4.47 Å². The lowest BCUT2D eigenvalue weighted by Gasteiger charge is -2.11. The monoisotopic (exact) mass is 378 g/mol. The molecule has 2 N–H and O–H groups in total. The van der Waals surface area contributed by atoms with Crippen molar-refractivity contribution in [1.82, 2.24) is 10.9 Å². The maximum atomic E-state index is 11.3. The molecule has 0 radical (unpaired) electrons. The maximum Gasteiger partial charge on any atom is 0.276 e. The summed E-state index contributed by atoms with van der Waals surface area (Å²) in [6.45, 7) is 2.99. The van der Waals surface area contributed by atoms with Gasteiger partial charge in [0.2, 0.25) is 5.91 Å². The number of carbonyl (C=O) groups is 2.